The first-order chi connectivity index (χ1) is 12.6. The summed E-state index contributed by atoms with van der Waals surface area (Å²) in [6.07, 6.45) is 1.65. The molecule has 0 saturated carbocycles. The van der Waals surface area contributed by atoms with E-state index in [1.807, 2.05) is 37.3 Å². The molecule has 0 saturated heterocycles. The second-order valence-electron chi connectivity index (χ2n) is 5.67. The van der Waals surface area contributed by atoms with Crippen molar-refractivity contribution >= 4 is 34.7 Å². The summed E-state index contributed by atoms with van der Waals surface area (Å²) in [5, 5.41) is 6.69. The zero-order valence-corrected chi connectivity index (χ0v) is 15.2. The Morgan fingerprint density at radius 3 is 2.65 bits per heavy atom. The van der Waals surface area contributed by atoms with Gasteiger partial charge in [-0.1, -0.05) is 29.8 Å². The van der Waals surface area contributed by atoms with Crippen LogP contribution in [0.4, 0.5) is 17.2 Å². The van der Waals surface area contributed by atoms with Gasteiger partial charge < -0.3 is 15.4 Å². The van der Waals surface area contributed by atoms with E-state index in [1.165, 1.54) is 7.11 Å². The van der Waals surface area contributed by atoms with Crippen LogP contribution in [0.3, 0.4) is 0 Å². The smallest absolute Gasteiger partial charge is 0.260 e. The molecule has 0 aliphatic heterocycles. The number of pyridine rings is 1. The van der Waals surface area contributed by atoms with Crippen LogP contribution in [0.25, 0.3) is 0 Å². The number of hydrogen-bond acceptors (Lipinski definition) is 4. The maximum absolute atomic E-state index is 12.4. The molecule has 0 fully saturated rings. The molecular weight excluding hydrogens is 350 g/mol. The van der Waals surface area contributed by atoms with Crippen molar-refractivity contribution in [1.29, 1.82) is 0 Å². The highest BCUT2D eigenvalue weighted by Crippen LogP contribution is 2.24. The molecule has 0 radical (unpaired) electrons. The molecule has 132 valence electrons. The number of hydrogen-bond donors (Lipinski definition) is 2. The Balaban J connectivity index is 1.71. The zero-order valence-electron chi connectivity index (χ0n) is 14.4. The van der Waals surface area contributed by atoms with Crippen LogP contribution in [0.15, 0.2) is 60.8 Å². The number of ether oxygens (including phenoxy) is 1. The van der Waals surface area contributed by atoms with E-state index >= 15 is 0 Å². The van der Waals surface area contributed by atoms with Gasteiger partial charge in [0, 0.05) is 10.7 Å². The predicted octanol–water partition coefficient (Wildman–Crippen LogP) is 5.05. The standard InChI is InChI=1S/C20H18ClN3O2/c1-13-7-8-14(21)11-17(13)23-15-9-10-19(22-12-15)24-20(25)16-5-3-4-6-18(16)26-2/h3-12,23H,1-2H3,(H,22,24,25). The number of anilines is 3. The summed E-state index contributed by atoms with van der Waals surface area (Å²) in [6.45, 7) is 1.99. The molecule has 2 aromatic carbocycles. The van der Waals surface area contributed by atoms with Gasteiger partial charge in [0.25, 0.3) is 5.91 Å². The summed E-state index contributed by atoms with van der Waals surface area (Å²) in [6, 6.07) is 16.2. The predicted molar refractivity (Wildman–Crippen MR) is 105 cm³/mol. The average molecular weight is 368 g/mol. The first-order valence-corrected chi connectivity index (χ1v) is 8.38. The fourth-order valence-electron chi connectivity index (χ4n) is 2.44. The summed E-state index contributed by atoms with van der Waals surface area (Å²) in [5.74, 6) is 0.690. The van der Waals surface area contributed by atoms with Crippen LogP contribution in [0.2, 0.25) is 5.02 Å². The Labute approximate surface area is 157 Å². The minimum atomic E-state index is -0.277. The number of benzene rings is 2. The molecular formula is C20H18ClN3O2. The minimum Gasteiger partial charge on any atom is -0.496 e. The summed E-state index contributed by atoms with van der Waals surface area (Å²) >= 11 is 6.04. The van der Waals surface area contributed by atoms with Crippen molar-refractivity contribution in [3.63, 3.8) is 0 Å². The Bertz CT molecular complexity index is 927. The van der Waals surface area contributed by atoms with E-state index < -0.39 is 0 Å². The Morgan fingerprint density at radius 1 is 1.12 bits per heavy atom. The van der Waals surface area contributed by atoms with Gasteiger partial charge in [0.1, 0.15) is 11.6 Å². The van der Waals surface area contributed by atoms with Gasteiger partial charge in [0.15, 0.2) is 0 Å². The van der Waals surface area contributed by atoms with Crippen molar-refractivity contribution in [3.05, 3.63) is 76.9 Å². The van der Waals surface area contributed by atoms with Crippen LogP contribution >= 0.6 is 11.6 Å². The lowest BCUT2D eigenvalue weighted by molar-refractivity contribution is 0.102. The third kappa shape index (κ3) is 4.13. The highest BCUT2D eigenvalue weighted by atomic mass is 35.5. The van der Waals surface area contributed by atoms with Crippen LogP contribution in [-0.2, 0) is 0 Å². The number of nitrogens with one attached hydrogen (secondary N) is 2. The Kier molecular flexibility index (Phi) is 5.39. The van der Waals surface area contributed by atoms with E-state index in [2.05, 4.69) is 15.6 Å². The van der Waals surface area contributed by atoms with Crippen LogP contribution in [-0.4, -0.2) is 18.0 Å². The van der Waals surface area contributed by atoms with Crippen molar-refractivity contribution in [1.82, 2.24) is 4.98 Å². The van der Waals surface area contributed by atoms with E-state index in [4.69, 9.17) is 16.3 Å². The molecule has 0 aliphatic carbocycles. The number of methoxy groups -OCH3 is 1. The lowest BCUT2D eigenvalue weighted by Gasteiger charge is -2.11. The van der Waals surface area contributed by atoms with Crippen molar-refractivity contribution in [2.24, 2.45) is 0 Å². The molecule has 3 aromatic rings. The maximum atomic E-state index is 12.4. The molecule has 0 bridgehead atoms. The molecule has 0 spiro atoms. The number of carbonyl (C=O) groups is 1. The largest absolute Gasteiger partial charge is 0.496 e. The molecule has 5 nitrogen and oxygen atoms in total. The number of nitrogens with zero attached hydrogens (tertiary/aromatic N) is 1. The van der Waals surface area contributed by atoms with E-state index in [0.29, 0.717) is 22.2 Å². The molecule has 0 atom stereocenters. The molecule has 0 aliphatic rings. The number of aryl methyl sites for hydroxylation is 1. The first kappa shape index (κ1) is 17.8. The van der Waals surface area contributed by atoms with Crippen molar-refractivity contribution < 1.29 is 9.53 Å². The molecule has 2 N–H and O–H groups in total. The minimum absolute atomic E-state index is 0.277. The fourth-order valence-corrected chi connectivity index (χ4v) is 2.61. The highest BCUT2D eigenvalue weighted by molar-refractivity contribution is 6.30. The molecule has 6 heteroatoms. The summed E-state index contributed by atoms with van der Waals surface area (Å²) in [4.78, 5) is 16.7. The SMILES string of the molecule is COc1ccccc1C(=O)Nc1ccc(Nc2cc(Cl)ccc2C)cn1. The van der Waals surface area contributed by atoms with Gasteiger partial charge in [-0.3, -0.25) is 4.79 Å². The first-order valence-electron chi connectivity index (χ1n) is 8.00. The number of amides is 1. The van der Waals surface area contributed by atoms with Crippen molar-refractivity contribution in [2.75, 3.05) is 17.7 Å². The van der Waals surface area contributed by atoms with Crippen LogP contribution in [0, 0.1) is 6.92 Å². The lowest BCUT2D eigenvalue weighted by atomic mass is 10.2. The summed E-state index contributed by atoms with van der Waals surface area (Å²) < 4.78 is 5.21. The number of aromatic nitrogens is 1. The van der Waals surface area contributed by atoms with E-state index in [1.54, 1.807) is 30.5 Å². The summed E-state index contributed by atoms with van der Waals surface area (Å²) in [5.41, 5.74) is 3.23. The average Bonchev–Trinajstić information content (AvgIpc) is 2.66. The lowest BCUT2D eigenvalue weighted by Crippen LogP contribution is -2.14. The summed E-state index contributed by atoms with van der Waals surface area (Å²) in [7, 11) is 1.53. The zero-order chi connectivity index (χ0) is 18.5. The highest BCUT2D eigenvalue weighted by Gasteiger charge is 2.12. The van der Waals surface area contributed by atoms with Gasteiger partial charge in [-0.2, -0.15) is 0 Å². The van der Waals surface area contributed by atoms with E-state index in [9.17, 15) is 4.79 Å². The molecule has 1 heterocycles. The molecule has 26 heavy (non-hydrogen) atoms. The molecule has 1 amide bonds. The van der Waals surface area contributed by atoms with Crippen molar-refractivity contribution in [2.45, 2.75) is 6.92 Å². The van der Waals surface area contributed by atoms with Crippen LogP contribution in [0.5, 0.6) is 5.75 Å². The number of rotatable bonds is 5. The van der Waals surface area contributed by atoms with Gasteiger partial charge in [0.2, 0.25) is 0 Å². The third-order valence-corrected chi connectivity index (χ3v) is 4.07. The van der Waals surface area contributed by atoms with Gasteiger partial charge in [-0.15, -0.1) is 0 Å². The molecule has 3 rings (SSSR count). The topological polar surface area (TPSA) is 63.2 Å². The van der Waals surface area contributed by atoms with Crippen LogP contribution < -0.4 is 15.4 Å². The van der Waals surface area contributed by atoms with Gasteiger partial charge in [-0.25, -0.2) is 4.98 Å². The van der Waals surface area contributed by atoms with E-state index in [0.717, 1.165) is 16.9 Å². The fraction of sp³-hybridized carbons (Fsp3) is 0.100. The Hall–Kier alpha value is -3.05. The molecule has 1 aromatic heterocycles. The second-order valence-corrected chi connectivity index (χ2v) is 6.11. The number of carbonyl (C=O) groups excluding carboxylic acids is 1. The van der Waals surface area contributed by atoms with Crippen molar-refractivity contribution in [3.8, 4) is 5.75 Å². The number of halogens is 1. The third-order valence-electron chi connectivity index (χ3n) is 3.84. The van der Waals surface area contributed by atoms with Gasteiger partial charge in [-0.05, 0) is 48.9 Å². The number of para-hydroxylation sites is 1. The maximum Gasteiger partial charge on any atom is 0.260 e. The quantitative estimate of drug-likeness (QED) is 0.662. The Morgan fingerprint density at radius 2 is 1.92 bits per heavy atom. The van der Waals surface area contributed by atoms with Gasteiger partial charge in [0.05, 0.1) is 24.6 Å². The second kappa shape index (κ2) is 7.89. The van der Waals surface area contributed by atoms with Gasteiger partial charge >= 0.3 is 0 Å². The molecule has 0 unspecified atom stereocenters. The van der Waals surface area contributed by atoms with E-state index in [-0.39, 0.29) is 5.91 Å². The monoisotopic (exact) mass is 367 g/mol. The normalized spacial score (nSPS) is 10.3. The van der Waals surface area contributed by atoms with Crippen LogP contribution in [0.1, 0.15) is 15.9 Å².